The van der Waals surface area contributed by atoms with Gasteiger partial charge in [0.15, 0.2) is 0 Å². The van der Waals surface area contributed by atoms with Gasteiger partial charge in [-0.3, -0.25) is 19.7 Å². The van der Waals surface area contributed by atoms with Crippen LogP contribution in [0.5, 0.6) is 0 Å². The molecule has 1 aromatic heterocycles. The number of nitro groups is 1. The first-order valence-electron chi connectivity index (χ1n) is 12.8. The minimum atomic E-state index is -1.41. The van der Waals surface area contributed by atoms with Gasteiger partial charge < -0.3 is 19.9 Å². The largest absolute Gasteiger partial charge is 0.477 e. The van der Waals surface area contributed by atoms with Crippen LogP contribution in [0.25, 0.3) is 10.9 Å². The molecule has 1 aliphatic rings. The number of benzene rings is 2. The van der Waals surface area contributed by atoms with Crippen molar-refractivity contribution < 1.29 is 19.6 Å². The molecule has 39 heavy (non-hydrogen) atoms. The molecule has 0 radical (unpaired) electrons. The van der Waals surface area contributed by atoms with Crippen molar-refractivity contribution in [2.45, 2.75) is 72.0 Å². The molecule has 0 aliphatic carbocycles. The van der Waals surface area contributed by atoms with E-state index >= 15 is 0 Å². The fourth-order valence-electron chi connectivity index (χ4n) is 5.37. The molecule has 2 N–H and O–H groups in total. The Labute approximate surface area is 226 Å². The summed E-state index contributed by atoms with van der Waals surface area (Å²) in [5.41, 5.74) is -0.0106. The average molecular weight is 535 g/mol. The Morgan fingerprint density at radius 3 is 2.33 bits per heavy atom. The van der Waals surface area contributed by atoms with E-state index in [1.165, 1.54) is 6.20 Å². The Morgan fingerprint density at radius 1 is 1.13 bits per heavy atom. The SMILES string of the molecule is Cc1c(N2CCc3ccccc3C2C(=O)NC(C)(C)C)c([N+](=O)[O-])cc2c(=O)c(C(=O)O)cn(C(C)(C)C)c12. The number of aromatic carboxylic acids is 1. The van der Waals surface area contributed by atoms with Crippen molar-refractivity contribution >= 4 is 34.2 Å². The van der Waals surface area contributed by atoms with E-state index in [0.717, 1.165) is 17.2 Å². The smallest absolute Gasteiger partial charge is 0.341 e. The number of anilines is 1. The zero-order valence-corrected chi connectivity index (χ0v) is 23.3. The lowest BCUT2D eigenvalue weighted by Gasteiger charge is -2.40. The molecule has 10 nitrogen and oxygen atoms in total. The van der Waals surface area contributed by atoms with E-state index < -0.39 is 39.0 Å². The predicted octanol–water partition coefficient (Wildman–Crippen LogP) is 4.69. The monoisotopic (exact) mass is 534 g/mol. The van der Waals surface area contributed by atoms with Crippen LogP contribution in [-0.4, -0.2) is 38.6 Å². The van der Waals surface area contributed by atoms with Gasteiger partial charge in [-0.25, -0.2) is 4.79 Å². The number of carboxylic acids is 1. The normalized spacial score (nSPS) is 15.7. The number of rotatable bonds is 4. The molecule has 206 valence electrons. The molecular weight excluding hydrogens is 500 g/mol. The van der Waals surface area contributed by atoms with Crippen LogP contribution in [0.4, 0.5) is 11.4 Å². The number of nitro benzene ring substituents is 1. The number of amides is 1. The molecule has 2 heterocycles. The Morgan fingerprint density at radius 2 is 1.77 bits per heavy atom. The highest BCUT2D eigenvalue weighted by atomic mass is 16.6. The summed E-state index contributed by atoms with van der Waals surface area (Å²) in [4.78, 5) is 52.6. The first kappa shape index (κ1) is 27.8. The summed E-state index contributed by atoms with van der Waals surface area (Å²) in [6, 6.07) is 7.87. The van der Waals surface area contributed by atoms with E-state index in [0.29, 0.717) is 24.0 Å². The third kappa shape index (κ3) is 4.98. The van der Waals surface area contributed by atoms with Crippen molar-refractivity contribution in [3.05, 3.63) is 79.1 Å². The standard InChI is InChI=1S/C29H34N4O6/c1-16-22-19(25(34)20(27(36)37)15-32(22)29(5,6)7)14-21(33(38)39)23(16)31-13-12-17-10-8-9-11-18(17)24(31)26(35)30-28(2,3)4/h8-11,14-15,24H,12-13H2,1-7H3,(H,30,35)(H,36,37). The zero-order chi connectivity index (χ0) is 29.0. The quantitative estimate of drug-likeness (QED) is 0.366. The summed E-state index contributed by atoms with van der Waals surface area (Å²) in [5.74, 6) is -1.70. The Kier molecular flexibility index (Phi) is 6.79. The highest BCUT2D eigenvalue weighted by molar-refractivity contribution is 5.99. The molecule has 1 amide bonds. The van der Waals surface area contributed by atoms with Crippen LogP contribution in [-0.2, 0) is 16.8 Å². The number of aryl methyl sites for hydroxylation is 1. The molecule has 0 spiro atoms. The molecule has 3 aromatic rings. The minimum absolute atomic E-state index is 0.0501. The number of nitrogens with one attached hydrogen (secondary N) is 1. The number of carbonyl (C=O) groups excluding carboxylic acids is 1. The molecule has 0 bridgehead atoms. The maximum Gasteiger partial charge on any atom is 0.341 e. The lowest BCUT2D eigenvalue weighted by molar-refractivity contribution is -0.384. The van der Waals surface area contributed by atoms with Crippen LogP contribution in [0.15, 0.2) is 41.3 Å². The third-order valence-corrected chi connectivity index (χ3v) is 6.94. The van der Waals surface area contributed by atoms with Crippen molar-refractivity contribution in [1.29, 1.82) is 0 Å². The van der Waals surface area contributed by atoms with Crippen molar-refractivity contribution in [1.82, 2.24) is 9.88 Å². The van der Waals surface area contributed by atoms with E-state index in [1.54, 1.807) is 16.4 Å². The number of hydrogen-bond donors (Lipinski definition) is 2. The van der Waals surface area contributed by atoms with Gasteiger partial charge >= 0.3 is 5.97 Å². The number of carbonyl (C=O) groups is 2. The first-order chi connectivity index (χ1) is 18.0. The Balaban J connectivity index is 2.11. The maximum absolute atomic E-state index is 13.8. The second kappa shape index (κ2) is 9.52. The van der Waals surface area contributed by atoms with Gasteiger partial charge in [-0.05, 0) is 66.0 Å². The summed E-state index contributed by atoms with van der Waals surface area (Å²) < 4.78 is 1.68. The van der Waals surface area contributed by atoms with E-state index in [-0.39, 0.29) is 22.7 Å². The predicted molar refractivity (Wildman–Crippen MR) is 150 cm³/mol. The summed E-state index contributed by atoms with van der Waals surface area (Å²) in [6.07, 6.45) is 1.86. The molecule has 1 unspecified atom stereocenters. The van der Waals surface area contributed by atoms with E-state index in [2.05, 4.69) is 5.32 Å². The van der Waals surface area contributed by atoms with Gasteiger partial charge in [0, 0.05) is 35.4 Å². The zero-order valence-electron chi connectivity index (χ0n) is 23.3. The molecule has 1 aliphatic heterocycles. The topological polar surface area (TPSA) is 135 Å². The van der Waals surface area contributed by atoms with Gasteiger partial charge in [-0.1, -0.05) is 24.3 Å². The third-order valence-electron chi connectivity index (χ3n) is 6.94. The van der Waals surface area contributed by atoms with Crippen LogP contribution < -0.4 is 15.6 Å². The molecule has 2 aromatic carbocycles. The van der Waals surface area contributed by atoms with Crippen LogP contribution in [0.2, 0.25) is 0 Å². The van der Waals surface area contributed by atoms with E-state index in [9.17, 15) is 29.6 Å². The van der Waals surface area contributed by atoms with E-state index in [4.69, 9.17) is 0 Å². The van der Waals surface area contributed by atoms with Gasteiger partial charge in [0.2, 0.25) is 11.3 Å². The van der Waals surface area contributed by atoms with Gasteiger partial charge in [0.05, 0.1) is 15.8 Å². The number of pyridine rings is 1. The number of fused-ring (bicyclic) bond motifs is 2. The van der Waals surface area contributed by atoms with Gasteiger partial charge in [-0.2, -0.15) is 0 Å². The fourth-order valence-corrected chi connectivity index (χ4v) is 5.37. The highest BCUT2D eigenvalue weighted by Crippen LogP contribution is 2.44. The fraction of sp³-hybridized carbons (Fsp3) is 0.414. The number of nitrogens with zero attached hydrogens (tertiary/aromatic N) is 3. The highest BCUT2D eigenvalue weighted by Gasteiger charge is 2.39. The molecule has 1 atom stereocenters. The number of hydrogen-bond acceptors (Lipinski definition) is 6. The second-order valence-corrected chi connectivity index (χ2v) is 12.0. The van der Waals surface area contributed by atoms with E-state index in [1.807, 2.05) is 65.8 Å². The minimum Gasteiger partial charge on any atom is -0.477 e. The van der Waals surface area contributed by atoms with Crippen LogP contribution in [0.1, 0.15) is 74.6 Å². The lowest BCUT2D eigenvalue weighted by Crippen LogP contribution is -2.50. The Hall–Kier alpha value is -4.21. The molecule has 0 saturated carbocycles. The summed E-state index contributed by atoms with van der Waals surface area (Å²) in [6.45, 7) is 13.2. The lowest BCUT2D eigenvalue weighted by atomic mass is 9.89. The van der Waals surface area contributed by atoms with Crippen molar-refractivity contribution in [2.75, 3.05) is 11.4 Å². The summed E-state index contributed by atoms with van der Waals surface area (Å²) in [5, 5.41) is 25.2. The molecule has 0 fully saturated rings. The van der Waals surface area contributed by atoms with Gasteiger partial charge in [-0.15, -0.1) is 0 Å². The molecular formula is C29H34N4O6. The van der Waals surface area contributed by atoms with Crippen molar-refractivity contribution in [2.24, 2.45) is 0 Å². The molecule has 0 saturated heterocycles. The molecule has 10 heteroatoms. The van der Waals surface area contributed by atoms with Crippen LogP contribution >= 0.6 is 0 Å². The van der Waals surface area contributed by atoms with Gasteiger partial charge in [0.1, 0.15) is 17.3 Å². The van der Waals surface area contributed by atoms with Crippen molar-refractivity contribution in [3.8, 4) is 0 Å². The first-order valence-corrected chi connectivity index (χ1v) is 12.8. The van der Waals surface area contributed by atoms with Crippen LogP contribution in [0, 0.1) is 17.0 Å². The Bertz CT molecular complexity index is 1580. The maximum atomic E-state index is 13.8. The van der Waals surface area contributed by atoms with Gasteiger partial charge in [0.25, 0.3) is 5.69 Å². The molecule has 4 rings (SSSR count). The summed E-state index contributed by atoms with van der Waals surface area (Å²) in [7, 11) is 0. The van der Waals surface area contributed by atoms with Crippen molar-refractivity contribution in [3.63, 3.8) is 0 Å². The summed E-state index contributed by atoms with van der Waals surface area (Å²) >= 11 is 0. The number of carboxylic acid groups (broad SMARTS) is 1. The number of aromatic nitrogens is 1. The van der Waals surface area contributed by atoms with Crippen LogP contribution in [0.3, 0.4) is 0 Å². The second-order valence-electron chi connectivity index (χ2n) is 12.0. The average Bonchev–Trinajstić information content (AvgIpc) is 2.81.